The summed E-state index contributed by atoms with van der Waals surface area (Å²) in [5.74, 6) is 0.617. The molecule has 124 valence electrons. The minimum absolute atomic E-state index is 0.0380. The van der Waals surface area contributed by atoms with E-state index < -0.39 is 0 Å². The molecule has 1 aromatic carbocycles. The summed E-state index contributed by atoms with van der Waals surface area (Å²) >= 11 is 5.95. The van der Waals surface area contributed by atoms with Crippen molar-refractivity contribution in [2.24, 2.45) is 5.92 Å². The van der Waals surface area contributed by atoms with Crippen LogP contribution in [0.4, 0.5) is 4.79 Å². The number of halogens is 1. The topological polar surface area (TPSA) is 44.4 Å². The van der Waals surface area contributed by atoms with E-state index in [1.54, 1.807) is 0 Å². The number of rotatable bonds is 3. The lowest BCUT2D eigenvalue weighted by Gasteiger charge is -2.26. The van der Waals surface area contributed by atoms with Crippen LogP contribution in [0.3, 0.4) is 0 Å². The van der Waals surface area contributed by atoms with Crippen molar-refractivity contribution >= 4 is 17.6 Å². The smallest absolute Gasteiger partial charge is 0.317 e. The van der Waals surface area contributed by atoms with Gasteiger partial charge in [0.2, 0.25) is 0 Å². The second-order valence-corrected chi connectivity index (χ2v) is 7.90. The predicted molar refractivity (Wildman–Crippen MR) is 91.7 cm³/mol. The third-order valence-electron chi connectivity index (χ3n) is 5.51. The summed E-state index contributed by atoms with van der Waals surface area (Å²) in [6, 6.07) is 8.57. The van der Waals surface area contributed by atoms with E-state index in [2.05, 4.69) is 22.8 Å². The minimum atomic E-state index is -0.0380. The first-order valence-electron chi connectivity index (χ1n) is 8.67. The van der Waals surface area contributed by atoms with E-state index >= 15 is 0 Å². The minimum Gasteiger partial charge on any atom is -0.332 e. The highest BCUT2D eigenvalue weighted by Crippen LogP contribution is 2.39. The van der Waals surface area contributed by atoms with E-state index in [4.69, 9.17) is 11.6 Å². The van der Waals surface area contributed by atoms with E-state index in [9.17, 15) is 4.79 Å². The Morgan fingerprint density at radius 2 is 2.04 bits per heavy atom. The molecule has 1 aliphatic carbocycles. The van der Waals surface area contributed by atoms with Crippen molar-refractivity contribution in [1.29, 1.82) is 0 Å². The zero-order valence-corrected chi connectivity index (χ0v) is 14.1. The molecule has 4 nitrogen and oxygen atoms in total. The first kappa shape index (κ1) is 15.3. The van der Waals surface area contributed by atoms with Crippen molar-refractivity contribution in [3.05, 3.63) is 34.9 Å². The van der Waals surface area contributed by atoms with Gasteiger partial charge in [0.25, 0.3) is 0 Å². The van der Waals surface area contributed by atoms with Gasteiger partial charge in [0.1, 0.15) is 0 Å². The molecule has 3 saturated heterocycles. The van der Waals surface area contributed by atoms with E-state index in [1.807, 2.05) is 17.0 Å². The molecule has 0 spiro atoms. The van der Waals surface area contributed by atoms with Crippen LogP contribution in [0.2, 0.25) is 5.02 Å². The second kappa shape index (κ2) is 5.99. The summed E-state index contributed by atoms with van der Waals surface area (Å²) in [6.45, 7) is 2.80. The van der Waals surface area contributed by atoms with Gasteiger partial charge in [-0.15, -0.1) is 0 Å². The van der Waals surface area contributed by atoms with Crippen LogP contribution < -0.4 is 10.6 Å². The number of urea groups is 1. The number of amides is 2. The number of nitrogens with zero attached hydrogens (tertiary/aromatic N) is 1. The van der Waals surface area contributed by atoms with Gasteiger partial charge in [-0.25, -0.2) is 4.79 Å². The highest BCUT2D eigenvalue weighted by Gasteiger charge is 2.45. The van der Waals surface area contributed by atoms with Crippen LogP contribution in [0.15, 0.2) is 24.3 Å². The quantitative estimate of drug-likeness (QED) is 0.893. The molecule has 1 saturated carbocycles. The second-order valence-electron chi connectivity index (χ2n) is 7.47. The lowest BCUT2D eigenvalue weighted by molar-refractivity contribution is 0.190. The molecule has 1 aromatic rings. The van der Waals surface area contributed by atoms with Gasteiger partial charge in [0.15, 0.2) is 0 Å². The Morgan fingerprint density at radius 3 is 2.70 bits per heavy atom. The van der Waals surface area contributed by atoms with Crippen molar-refractivity contribution in [3.8, 4) is 0 Å². The normalized spacial score (nSPS) is 28.3. The monoisotopic (exact) mass is 333 g/mol. The fourth-order valence-electron chi connectivity index (χ4n) is 3.90. The molecule has 4 aliphatic rings. The Morgan fingerprint density at radius 1 is 1.26 bits per heavy atom. The zero-order valence-electron chi connectivity index (χ0n) is 13.4. The van der Waals surface area contributed by atoms with E-state index in [1.165, 1.54) is 18.4 Å². The van der Waals surface area contributed by atoms with Crippen LogP contribution in [0, 0.1) is 5.92 Å². The fraction of sp³-hybridized carbons (Fsp3) is 0.611. The van der Waals surface area contributed by atoms with Crippen LogP contribution in [-0.2, 0) is 6.42 Å². The van der Waals surface area contributed by atoms with Gasteiger partial charge in [0.05, 0.1) is 0 Å². The van der Waals surface area contributed by atoms with Crippen LogP contribution in [0.25, 0.3) is 0 Å². The summed E-state index contributed by atoms with van der Waals surface area (Å²) in [6.07, 6.45) is 5.48. The molecule has 5 heteroatoms. The maximum absolute atomic E-state index is 12.7. The summed E-state index contributed by atoms with van der Waals surface area (Å²) in [5.41, 5.74) is 1.20. The maximum Gasteiger partial charge on any atom is 0.317 e. The van der Waals surface area contributed by atoms with Crippen molar-refractivity contribution in [2.45, 2.75) is 43.7 Å². The molecule has 0 unspecified atom stereocenters. The zero-order chi connectivity index (χ0) is 15.9. The molecule has 0 aromatic heterocycles. The van der Waals surface area contributed by atoms with Gasteiger partial charge in [-0.05, 0) is 62.3 Å². The molecular weight excluding hydrogens is 310 g/mol. The van der Waals surface area contributed by atoms with Crippen molar-refractivity contribution in [2.75, 3.05) is 19.6 Å². The first-order chi connectivity index (χ1) is 11.1. The van der Waals surface area contributed by atoms with E-state index in [0.29, 0.717) is 12.0 Å². The molecule has 0 radical (unpaired) electrons. The highest BCUT2D eigenvalue weighted by atomic mass is 35.5. The molecular formula is C18H24ClN3O. The lowest BCUT2D eigenvalue weighted by Crippen LogP contribution is -2.49. The Hall–Kier alpha value is -1.26. The number of piperidine rings is 1. The standard InChI is InChI=1S/C18H24ClN3O/c19-15-4-1-13(2-5-15)9-18(7-8-18)21-17(23)22-11-14-3-6-16(12-22)20-10-14/h1-2,4-5,14,16,20H,3,6-12H2,(H,21,23)/t14-,16-/m0/s1. The Kier molecular flexibility index (Phi) is 3.98. The molecule has 4 fully saturated rings. The van der Waals surface area contributed by atoms with Gasteiger partial charge in [-0.3, -0.25) is 0 Å². The number of carbonyl (C=O) groups excluding carboxylic acids is 1. The number of hydrogen-bond donors (Lipinski definition) is 2. The Bertz CT molecular complexity index is 562. The Balaban J connectivity index is 1.39. The molecule has 5 rings (SSSR count). The highest BCUT2D eigenvalue weighted by molar-refractivity contribution is 6.30. The molecule has 2 bridgehead atoms. The van der Waals surface area contributed by atoms with Gasteiger partial charge in [-0.1, -0.05) is 23.7 Å². The summed E-state index contributed by atoms with van der Waals surface area (Å²) < 4.78 is 0. The van der Waals surface area contributed by atoms with Gasteiger partial charge in [-0.2, -0.15) is 0 Å². The Labute approximate surface area is 142 Å². The number of benzene rings is 1. The molecule has 2 amide bonds. The van der Waals surface area contributed by atoms with Crippen molar-refractivity contribution in [1.82, 2.24) is 15.5 Å². The SMILES string of the molecule is O=C(NC1(Cc2ccc(Cl)cc2)CC1)N1C[C@H]2CC[C@@H](C1)NC2. The van der Waals surface area contributed by atoms with E-state index in [-0.39, 0.29) is 11.6 Å². The molecule has 3 aliphatic heterocycles. The number of hydrogen-bond acceptors (Lipinski definition) is 2. The van der Waals surface area contributed by atoms with E-state index in [0.717, 1.165) is 43.9 Å². The number of fused-ring (bicyclic) bond motifs is 4. The number of nitrogens with one attached hydrogen (secondary N) is 2. The van der Waals surface area contributed by atoms with Crippen molar-refractivity contribution < 1.29 is 4.79 Å². The lowest BCUT2D eigenvalue weighted by atomic mass is 9.97. The summed E-state index contributed by atoms with van der Waals surface area (Å²) in [4.78, 5) is 14.8. The largest absolute Gasteiger partial charge is 0.332 e. The maximum atomic E-state index is 12.7. The molecule has 2 N–H and O–H groups in total. The number of carbonyl (C=O) groups is 1. The van der Waals surface area contributed by atoms with Gasteiger partial charge in [0, 0.05) is 29.7 Å². The first-order valence-corrected chi connectivity index (χ1v) is 9.05. The third-order valence-corrected chi connectivity index (χ3v) is 5.76. The molecule has 3 heterocycles. The van der Waals surface area contributed by atoms with Crippen LogP contribution in [0.5, 0.6) is 0 Å². The molecule has 2 atom stereocenters. The predicted octanol–water partition coefficient (Wildman–Crippen LogP) is 2.81. The van der Waals surface area contributed by atoms with Crippen LogP contribution >= 0.6 is 11.6 Å². The van der Waals surface area contributed by atoms with Crippen LogP contribution in [-0.4, -0.2) is 42.1 Å². The average molecular weight is 334 g/mol. The molecule has 23 heavy (non-hydrogen) atoms. The summed E-state index contributed by atoms with van der Waals surface area (Å²) in [7, 11) is 0. The van der Waals surface area contributed by atoms with Gasteiger partial charge >= 0.3 is 6.03 Å². The average Bonchev–Trinajstić information content (AvgIpc) is 3.34. The fourth-order valence-corrected chi connectivity index (χ4v) is 4.03. The van der Waals surface area contributed by atoms with Gasteiger partial charge < -0.3 is 15.5 Å². The summed E-state index contributed by atoms with van der Waals surface area (Å²) in [5, 5.41) is 7.64. The van der Waals surface area contributed by atoms with Crippen LogP contribution in [0.1, 0.15) is 31.2 Å². The third kappa shape index (κ3) is 3.48. The van der Waals surface area contributed by atoms with Crippen molar-refractivity contribution in [3.63, 3.8) is 0 Å².